The molecule has 0 heterocycles. The van der Waals surface area contributed by atoms with Crippen LogP contribution in [0.15, 0.2) is 24.3 Å². The van der Waals surface area contributed by atoms with Crippen molar-refractivity contribution in [1.29, 1.82) is 0 Å². The van der Waals surface area contributed by atoms with Gasteiger partial charge in [-0.3, -0.25) is 4.74 Å². The first-order chi connectivity index (χ1) is 9.48. The van der Waals surface area contributed by atoms with E-state index >= 15 is 0 Å². The van der Waals surface area contributed by atoms with Crippen LogP contribution in [0, 0.1) is 0 Å². The zero-order valence-electron chi connectivity index (χ0n) is 11.3. The third-order valence-electron chi connectivity index (χ3n) is 2.68. The minimum atomic E-state index is -4.61. The fourth-order valence-electron chi connectivity index (χ4n) is 1.80. The van der Waals surface area contributed by atoms with Crippen LogP contribution in [-0.4, -0.2) is 39.7 Å². The normalized spacial score (nSPS) is 11.4. The zero-order chi connectivity index (χ0) is 15.0. The summed E-state index contributed by atoms with van der Waals surface area (Å²) in [4.78, 5) is 1.78. The Bertz CT molecular complexity index is 399. The maximum Gasteiger partial charge on any atom is 0.522 e. The van der Waals surface area contributed by atoms with E-state index in [1.165, 1.54) is 7.11 Å². The van der Waals surface area contributed by atoms with Crippen LogP contribution in [0.1, 0.15) is 6.42 Å². The van der Waals surface area contributed by atoms with Gasteiger partial charge < -0.3 is 15.4 Å². The van der Waals surface area contributed by atoms with Gasteiger partial charge in [0.1, 0.15) is 5.75 Å². The molecule has 0 atom stereocenters. The zero-order valence-corrected chi connectivity index (χ0v) is 11.3. The molecule has 0 bridgehead atoms. The van der Waals surface area contributed by atoms with Crippen LogP contribution >= 0.6 is 0 Å². The number of benzene rings is 1. The fraction of sp³-hybridized carbons (Fsp3) is 0.538. The Balaban J connectivity index is 2.72. The van der Waals surface area contributed by atoms with Crippen molar-refractivity contribution in [1.82, 2.24) is 0 Å². The quantitative estimate of drug-likeness (QED) is 0.799. The molecule has 0 amide bonds. The van der Waals surface area contributed by atoms with Gasteiger partial charge in [-0.05, 0) is 25.1 Å². The van der Waals surface area contributed by atoms with E-state index < -0.39 is 13.0 Å². The van der Waals surface area contributed by atoms with Crippen molar-refractivity contribution in [3.63, 3.8) is 0 Å². The van der Waals surface area contributed by atoms with Crippen LogP contribution in [0.25, 0.3) is 0 Å². The van der Waals surface area contributed by atoms with Gasteiger partial charge in [0.15, 0.2) is 0 Å². The number of ether oxygens (including phenoxy) is 2. The Morgan fingerprint density at radius 1 is 1.20 bits per heavy atom. The Labute approximate surface area is 116 Å². The second-order valence-electron chi connectivity index (χ2n) is 4.10. The topological polar surface area (TPSA) is 47.7 Å². The molecular weight excluding hydrogens is 273 g/mol. The lowest BCUT2D eigenvalue weighted by molar-refractivity contribution is -0.323. The summed E-state index contributed by atoms with van der Waals surface area (Å²) in [5.74, 6) is 0.608. The number of hydrogen-bond donors (Lipinski definition) is 1. The molecule has 0 aromatic heterocycles. The average Bonchev–Trinajstić information content (AvgIpc) is 2.41. The maximum absolute atomic E-state index is 12.0. The third kappa shape index (κ3) is 5.66. The minimum Gasteiger partial charge on any atom is -0.495 e. The molecule has 0 radical (unpaired) electrons. The lowest BCUT2D eigenvalue weighted by Gasteiger charge is -2.26. The number of para-hydroxylation sites is 2. The third-order valence-corrected chi connectivity index (χ3v) is 2.68. The molecule has 4 nitrogen and oxygen atoms in total. The van der Waals surface area contributed by atoms with Crippen molar-refractivity contribution < 1.29 is 22.6 Å². The van der Waals surface area contributed by atoms with Crippen molar-refractivity contribution in [2.45, 2.75) is 12.8 Å². The van der Waals surface area contributed by atoms with Crippen molar-refractivity contribution in [3.8, 4) is 5.75 Å². The lowest BCUT2D eigenvalue weighted by Crippen LogP contribution is -2.31. The van der Waals surface area contributed by atoms with Crippen LogP contribution in [0.2, 0.25) is 0 Å². The van der Waals surface area contributed by atoms with Crippen molar-refractivity contribution in [3.05, 3.63) is 24.3 Å². The van der Waals surface area contributed by atoms with Gasteiger partial charge in [-0.1, -0.05) is 12.1 Å². The Morgan fingerprint density at radius 3 is 2.50 bits per heavy atom. The summed E-state index contributed by atoms with van der Waals surface area (Å²) >= 11 is 0. The van der Waals surface area contributed by atoms with Crippen LogP contribution in [0.3, 0.4) is 0 Å². The molecule has 20 heavy (non-hydrogen) atoms. The van der Waals surface area contributed by atoms with E-state index in [-0.39, 0.29) is 6.54 Å². The lowest BCUT2D eigenvalue weighted by atomic mass is 10.2. The van der Waals surface area contributed by atoms with E-state index in [9.17, 15) is 13.2 Å². The van der Waals surface area contributed by atoms with Gasteiger partial charge in [-0.2, -0.15) is 0 Å². The van der Waals surface area contributed by atoms with Crippen LogP contribution in [0.4, 0.5) is 18.9 Å². The molecule has 0 saturated heterocycles. The highest BCUT2D eigenvalue weighted by Gasteiger charge is 2.29. The van der Waals surface area contributed by atoms with Crippen LogP contribution in [-0.2, 0) is 4.74 Å². The first-order valence-electron chi connectivity index (χ1n) is 6.26. The van der Waals surface area contributed by atoms with E-state index in [1.807, 2.05) is 0 Å². The summed E-state index contributed by atoms with van der Waals surface area (Å²) in [6, 6.07) is 7.16. The molecule has 114 valence electrons. The molecule has 0 fully saturated rings. The number of rotatable bonds is 8. The second-order valence-corrected chi connectivity index (χ2v) is 4.10. The highest BCUT2D eigenvalue weighted by Crippen LogP contribution is 2.27. The Kier molecular flexibility index (Phi) is 6.60. The van der Waals surface area contributed by atoms with Crippen molar-refractivity contribution >= 4 is 5.69 Å². The van der Waals surface area contributed by atoms with Gasteiger partial charge >= 0.3 is 6.36 Å². The number of hydrogen-bond acceptors (Lipinski definition) is 4. The summed E-state index contributed by atoms with van der Waals surface area (Å²) in [5, 5.41) is 0. The molecule has 1 aromatic rings. The van der Waals surface area contributed by atoms with Crippen LogP contribution in [0.5, 0.6) is 5.75 Å². The number of methoxy groups -OCH3 is 1. The van der Waals surface area contributed by atoms with Gasteiger partial charge in [0.25, 0.3) is 0 Å². The predicted molar refractivity (Wildman–Crippen MR) is 70.9 cm³/mol. The molecule has 0 unspecified atom stereocenters. The summed E-state index contributed by atoms with van der Waals surface area (Å²) < 4.78 is 45.1. The SMILES string of the molecule is COc1ccccc1N(CCCN)CCOC(F)(F)F. The molecule has 7 heteroatoms. The highest BCUT2D eigenvalue weighted by atomic mass is 19.4. The molecule has 0 aliphatic heterocycles. The summed E-state index contributed by atoms with van der Waals surface area (Å²) in [5.41, 5.74) is 6.18. The van der Waals surface area contributed by atoms with E-state index in [0.717, 1.165) is 5.69 Å². The summed E-state index contributed by atoms with van der Waals surface area (Å²) in [7, 11) is 1.52. The Morgan fingerprint density at radius 2 is 1.90 bits per heavy atom. The monoisotopic (exact) mass is 292 g/mol. The number of halogens is 3. The largest absolute Gasteiger partial charge is 0.522 e. The molecule has 0 spiro atoms. The molecule has 1 aromatic carbocycles. The van der Waals surface area contributed by atoms with Gasteiger partial charge in [-0.25, -0.2) is 0 Å². The van der Waals surface area contributed by atoms with Gasteiger partial charge in [0, 0.05) is 13.1 Å². The maximum atomic E-state index is 12.0. The van der Waals surface area contributed by atoms with Gasteiger partial charge in [0.05, 0.1) is 19.4 Å². The standard InChI is InChI=1S/C13H19F3N2O2/c1-19-12-6-3-2-5-11(12)18(8-4-7-17)9-10-20-13(14,15)16/h2-3,5-6H,4,7-10,17H2,1H3. The van der Waals surface area contributed by atoms with Gasteiger partial charge in [0.2, 0.25) is 0 Å². The van der Waals surface area contributed by atoms with E-state index in [4.69, 9.17) is 10.5 Å². The first-order valence-corrected chi connectivity index (χ1v) is 6.26. The minimum absolute atomic E-state index is 0.111. The van der Waals surface area contributed by atoms with E-state index in [0.29, 0.717) is 25.3 Å². The Hall–Kier alpha value is -1.47. The number of anilines is 1. The number of nitrogens with two attached hydrogens (primary N) is 1. The van der Waals surface area contributed by atoms with Crippen molar-refractivity contribution in [2.75, 3.05) is 38.3 Å². The van der Waals surface area contributed by atoms with Crippen molar-refractivity contribution in [2.24, 2.45) is 5.73 Å². The molecule has 2 N–H and O–H groups in total. The predicted octanol–water partition coefficient (Wildman–Crippen LogP) is 2.39. The van der Waals surface area contributed by atoms with E-state index in [2.05, 4.69) is 4.74 Å². The highest BCUT2D eigenvalue weighted by molar-refractivity contribution is 5.58. The van der Waals surface area contributed by atoms with Crippen LogP contribution < -0.4 is 15.4 Å². The summed E-state index contributed by atoms with van der Waals surface area (Å²) in [6.45, 7) is 0.676. The average molecular weight is 292 g/mol. The molecular formula is C13H19F3N2O2. The molecule has 1 rings (SSSR count). The number of alkyl halides is 3. The fourth-order valence-corrected chi connectivity index (χ4v) is 1.80. The molecule has 0 saturated carbocycles. The second kappa shape index (κ2) is 7.96. The van der Waals surface area contributed by atoms with E-state index in [1.54, 1.807) is 29.2 Å². The molecule has 0 aliphatic carbocycles. The first kappa shape index (κ1) is 16.6. The smallest absolute Gasteiger partial charge is 0.495 e. The van der Waals surface area contributed by atoms with Gasteiger partial charge in [-0.15, -0.1) is 13.2 Å². The number of nitrogens with zero attached hydrogens (tertiary/aromatic N) is 1. The summed E-state index contributed by atoms with van der Waals surface area (Å²) in [6.07, 6.45) is -3.94. The molecule has 0 aliphatic rings.